The van der Waals surface area contributed by atoms with Crippen molar-refractivity contribution in [1.82, 2.24) is 0 Å². The molecule has 0 amide bonds. The number of rotatable bonds is 2. The Morgan fingerprint density at radius 2 is 1.53 bits per heavy atom. The van der Waals surface area contributed by atoms with Crippen molar-refractivity contribution in [1.29, 1.82) is 0 Å². The summed E-state index contributed by atoms with van der Waals surface area (Å²) in [6.07, 6.45) is 4.55. The second kappa shape index (κ2) is 4.54. The topological polar surface area (TPSA) is 20.2 Å². The van der Waals surface area contributed by atoms with Crippen molar-refractivity contribution in [2.24, 2.45) is 0 Å². The molecule has 0 aromatic rings. The van der Waals surface area contributed by atoms with Crippen LogP contribution in [0.25, 0.3) is 0 Å². The van der Waals surface area contributed by atoms with Crippen LogP contribution in [0, 0.1) is 0 Å². The van der Waals surface area contributed by atoms with E-state index < -0.39 is 24.0 Å². The smallest absolute Gasteiger partial charge is 0.0815 e. The monoisotopic (exact) mass is 276 g/mol. The second-order valence-electron chi connectivity index (χ2n) is 6.06. The second-order valence-corrected chi connectivity index (χ2v) is 20.9. The zero-order valence-electron chi connectivity index (χ0n) is 10.5. The molecule has 1 rings (SSSR count). The van der Waals surface area contributed by atoms with Crippen molar-refractivity contribution in [3.05, 3.63) is 22.0 Å². The third-order valence-electron chi connectivity index (χ3n) is 2.44. The van der Waals surface area contributed by atoms with Gasteiger partial charge in [0.15, 0.2) is 0 Å². The van der Waals surface area contributed by atoms with Crippen LogP contribution in [0.3, 0.4) is 0 Å². The minimum Gasteiger partial charge on any atom is -0.365 e. The predicted octanol–water partition coefficient (Wildman–Crippen LogP) is 4.51. The molecule has 86 valence electrons. The number of hydrogen-bond acceptors (Lipinski definition) is 1. The highest BCUT2D eigenvalue weighted by atomic mass is 32.1. The largest absolute Gasteiger partial charge is 0.365 e. The Morgan fingerprint density at radius 1 is 1.00 bits per heavy atom. The molecule has 1 aliphatic heterocycles. The molecule has 0 saturated heterocycles. The first-order valence-electron chi connectivity index (χ1n) is 5.31. The highest BCUT2D eigenvalue weighted by Gasteiger charge is 2.31. The van der Waals surface area contributed by atoms with E-state index in [9.17, 15) is 4.89 Å². The Bertz CT molecular complexity index is 310. The third kappa shape index (κ3) is 3.61. The Balaban J connectivity index is 2.99. The summed E-state index contributed by atoms with van der Waals surface area (Å²) >= 11 is 0. The van der Waals surface area contributed by atoms with Gasteiger partial charge in [-0.15, -0.1) is 0 Å². The van der Waals surface area contributed by atoms with Crippen LogP contribution in [0.1, 0.15) is 0 Å². The summed E-state index contributed by atoms with van der Waals surface area (Å²) in [6.45, 7) is 14.1. The van der Waals surface area contributed by atoms with Crippen molar-refractivity contribution in [3.8, 4) is 0 Å². The molecule has 0 saturated carbocycles. The van der Waals surface area contributed by atoms with Crippen LogP contribution in [0.2, 0.25) is 39.3 Å². The maximum Gasteiger partial charge on any atom is 0.0815 e. The number of hydrogen-bond donors (Lipinski definition) is 1. The molecule has 0 fully saturated rings. The molecule has 2 atom stereocenters. The van der Waals surface area contributed by atoms with E-state index in [1.54, 1.807) is 4.94 Å². The minimum atomic E-state index is -1.29. The Kier molecular flexibility index (Phi) is 4.18. The highest BCUT2D eigenvalue weighted by Crippen LogP contribution is 2.67. The van der Waals surface area contributed by atoms with Gasteiger partial charge in [-0.25, -0.2) is 0 Å². The first-order valence-corrected chi connectivity index (χ1v) is 15.4. The van der Waals surface area contributed by atoms with Gasteiger partial charge in [0.05, 0.1) is 24.0 Å². The van der Waals surface area contributed by atoms with Crippen LogP contribution < -0.4 is 0 Å². The molecule has 1 heterocycles. The molecule has 1 nitrogen and oxygen atoms in total. The molecule has 0 radical (unpaired) electrons. The first kappa shape index (κ1) is 13.8. The molecule has 5 heteroatoms. The van der Waals surface area contributed by atoms with Crippen LogP contribution in [-0.4, -0.2) is 21.0 Å². The van der Waals surface area contributed by atoms with E-state index in [1.807, 2.05) is 0 Å². The summed E-state index contributed by atoms with van der Waals surface area (Å²) in [5.41, 5.74) is 0. The van der Waals surface area contributed by atoms with E-state index in [0.29, 0.717) is 8.27 Å². The van der Waals surface area contributed by atoms with Gasteiger partial charge < -0.3 is 4.89 Å². The van der Waals surface area contributed by atoms with Gasteiger partial charge in [-0.2, -0.15) is 0 Å². The van der Waals surface area contributed by atoms with Gasteiger partial charge in [0, 0.05) is 0 Å². The van der Waals surface area contributed by atoms with Crippen LogP contribution >= 0.6 is 16.1 Å². The Morgan fingerprint density at radius 3 is 1.87 bits per heavy atom. The van der Waals surface area contributed by atoms with E-state index in [-0.39, 0.29) is 0 Å². The quantitative estimate of drug-likeness (QED) is 0.581. The van der Waals surface area contributed by atoms with Gasteiger partial charge in [-0.1, -0.05) is 56.4 Å². The fourth-order valence-electron chi connectivity index (χ4n) is 1.43. The van der Waals surface area contributed by atoms with Crippen molar-refractivity contribution >= 4 is 32.3 Å². The molecule has 15 heavy (non-hydrogen) atoms. The zero-order valence-corrected chi connectivity index (χ0v) is 14.4. The highest BCUT2D eigenvalue weighted by molar-refractivity contribution is 8.24. The lowest BCUT2D eigenvalue weighted by molar-refractivity contribution is 0.648. The average Bonchev–Trinajstić information content (AvgIpc) is 1.99. The Hall–Kier alpha value is 0.734. The van der Waals surface area contributed by atoms with Gasteiger partial charge in [-0.05, 0) is 13.2 Å². The number of allylic oxidation sites excluding steroid dienone is 2. The molecule has 0 bridgehead atoms. The van der Waals surface area contributed by atoms with Gasteiger partial charge in [0.2, 0.25) is 0 Å². The van der Waals surface area contributed by atoms with E-state index in [1.165, 1.54) is 4.94 Å². The normalized spacial score (nSPS) is 25.1. The first-order chi connectivity index (χ1) is 6.62. The molecular formula is C10H22OP2Si2. The van der Waals surface area contributed by atoms with Crippen molar-refractivity contribution < 1.29 is 4.89 Å². The van der Waals surface area contributed by atoms with Crippen LogP contribution in [0.4, 0.5) is 0 Å². The SMILES string of the molecule is C[Si](C)(C)C1=CC=C([Si](C)(C)C)P(O)P1. The van der Waals surface area contributed by atoms with E-state index in [0.717, 1.165) is 0 Å². The van der Waals surface area contributed by atoms with Crippen molar-refractivity contribution in [2.75, 3.05) is 0 Å². The summed E-state index contributed by atoms with van der Waals surface area (Å²) in [5, 5.41) is 0. The molecule has 0 aromatic carbocycles. The summed E-state index contributed by atoms with van der Waals surface area (Å²) in [4.78, 5) is 13.2. The molecule has 1 aliphatic rings. The molecule has 0 aromatic heterocycles. The maximum atomic E-state index is 10.3. The molecule has 0 aliphatic carbocycles. The van der Waals surface area contributed by atoms with Crippen molar-refractivity contribution in [3.63, 3.8) is 0 Å². The lowest BCUT2D eigenvalue weighted by atomic mass is 10.6. The fraction of sp³-hybridized carbons (Fsp3) is 0.600. The average molecular weight is 276 g/mol. The molecule has 0 spiro atoms. The van der Waals surface area contributed by atoms with Gasteiger partial charge in [0.1, 0.15) is 0 Å². The minimum absolute atomic E-state index is 0.681. The summed E-state index contributed by atoms with van der Waals surface area (Å²) in [6, 6.07) is 0. The fourth-order valence-corrected chi connectivity index (χ4v) is 16.2. The summed E-state index contributed by atoms with van der Waals surface area (Å²) in [7, 11) is -2.62. The van der Waals surface area contributed by atoms with E-state index in [4.69, 9.17) is 0 Å². The van der Waals surface area contributed by atoms with Crippen molar-refractivity contribution in [2.45, 2.75) is 39.3 Å². The van der Waals surface area contributed by atoms with E-state index in [2.05, 4.69) is 51.4 Å². The van der Waals surface area contributed by atoms with E-state index >= 15 is 0 Å². The lowest BCUT2D eigenvalue weighted by Gasteiger charge is -2.32. The molecule has 1 N–H and O–H groups in total. The predicted molar refractivity (Wildman–Crippen MR) is 80.3 cm³/mol. The van der Waals surface area contributed by atoms with Gasteiger partial charge in [0.25, 0.3) is 0 Å². The summed E-state index contributed by atoms with van der Waals surface area (Å²) < 4.78 is 0. The standard InChI is InChI=1S/C10H22OP2Si2/c1-14(2,3)9-7-8-10(13(11)12-9)15(4,5)6/h7-8,11-12H,1-6H3. The van der Waals surface area contributed by atoms with Gasteiger partial charge >= 0.3 is 0 Å². The lowest BCUT2D eigenvalue weighted by Crippen LogP contribution is -2.25. The summed E-state index contributed by atoms with van der Waals surface area (Å²) in [5.74, 6) is 0. The molecule has 2 unspecified atom stereocenters. The van der Waals surface area contributed by atoms with Crippen LogP contribution in [-0.2, 0) is 0 Å². The maximum absolute atomic E-state index is 10.3. The third-order valence-corrected chi connectivity index (χ3v) is 15.8. The van der Waals surface area contributed by atoms with Gasteiger partial charge in [-0.3, -0.25) is 0 Å². The van der Waals surface area contributed by atoms with Crippen LogP contribution in [0.15, 0.2) is 22.0 Å². The zero-order chi connectivity index (χ0) is 11.9. The molecular weight excluding hydrogens is 254 g/mol. The van der Waals surface area contributed by atoms with Crippen LogP contribution in [0.5, 0.6) is 0 Å². The Labute approximate surface area is 98.6 Å².